The Labute approximate surface area is 237 Å². The number of anilines is 1. The van der Waals surface area contributed by atoms with Gasteiger partial charge in [-0.3, -0.25) is 0 Å². The van der Waals surface area contributed by atoms with Gasteiger partial charge in [0.2, 0.25) is 0 Å². The highest BCUT2D eigenvalue weighted by Crippen LogP contribution is 2.47. The van der Waals surface area contributed by atoms with Crippen LogP contribution in [0.15, 0.2) is 61.1 Å². The van der Waals surface area contributed by atoms with Crippen molar-refractivity contribution in [3.05, 3.63) is 77.4 Å². The molecule has 0 spiro atoms. The molecule has 1 aromatic carbocycles. The Hall–Kier alpha value is -2.89. The maximum absolute atomic E-state index is 6.30. The first-order chi connectivity index (χ1) is 18.7. The van der Waals surface area contributed by atoms with Crippen molar-refractivity contribution in [1.82, 2.24) is 9.97 Å². The van der Waals surface area contributed by atoms with Gasteiger partial charge < -0.3 is 15.2 Å². The van der Waals surface area contributed by atoms with E-state index in [0.717, 1.165) is 60.5 Å². The molecule has 0 amide bonds. The molecule has 1 saturated heterocycles. The lowest BCUT2D eigenvalue weighted by atomic mass is 9.78. The molecule has 2 aromatic heterocycles. The summed E-state index contributed by atoms with van der Waals surface area (Å²) < 4.78 is 11.9. The predicted molar refractivity (Wildman–Crippen MR) is 160 cm³/mol. The van der Waals surface area contributed by atoms with Crippen LogP contribution in [0.5, 0.6) is 0 Å². The van der Waals surface area contributed by atoms with Crippen LogP contribution < -0.4 is 5.73 Å². The van der Waals surface area contributed by atoms with Crippen LogP contribution in [0.4, 0.5) is 5.82 Å². The number of ether oxygens (including phenoxy) is 2. The first-order valence-corrected chi connectivity index (χ1v) is 14.5. The summed E-state index contributed by atoms with van der Waals surface area (Å²) in [6.07, 6.45) is 10.2. The molecule has 2 N–H and O–H groups in total. The molecule has 206 valence electrons. The van der Waals surface area contributed by atoms with E-state index >= 15 is 0 Å². The lowest BCUT2D eigenvalue weighted by molar-refractivity contribution is 0.0433. The van der Waals surface area contributed by atoms with Gasteiger partial charge in [0.1, 0.15) is 16.6 Å². The number of pyridine rings is 2. The summed E-state index contributed by atoms with van der Waals surface area (Å²) in [6.45, 7) is 12.2. The molecular formula is C33H40ClN3O2. The van der Waals surface area contributed by atoms with Crippen LogP contribution in [-0.4, -0.2) is 28.8 Å². The smallest absolute Gasteiger partial charge is 0.131 e. The number of rotatable bonds is 7. The minimum absolute atomic E-state index is 0.225. The second-order valence-corrected chi connectivity index (χ2v) is 12.4. The first kappa shape index (κ1) is 27.7. The molecule has 0 bridgehead atoms. The first-order valence-electron chi connectivity index (χ1n) is 14.1. The number of hydrogen-bond donors (Lipinski definition) is 1. The van der Waals surface area contributed by atoms with Crippen molar-refractivity contribution in [3.63, 3.8) is 0 Å². The third kappa shape index (κ3) is 6.64. The summed E-state index contributed by atoms with van der Waals surface area (Å²) in [5.41, 5.74) is 13.0. The molecule has 0 radical (unpaired) electrons. The van der Waals surface area contributed by atoms with Crippen molar-refractivity contribution in [2.45, 2.75) is 76.7 Å². The molecule has 3 aromatic rings. The lowest BCUT2D eigenvalue weighted by Crippen LogP contribution is -2.21. The molecule has 39 heavy (non-hydrogen) atoms. The summed E-state index contributed by atoms with van der Waals surface area (Å²) >= 11 is 6.18. The van der Waals surface area contributed by atoms with Gasteiger partial charge in [-0.05, 0) is 105 Å². The summed E-state index contributed by atoms with van der Waals surface area (Å²) in [5, 5.41) is 0.435. The Morgan fingerprint density at radius 1 is 1.00 bits per heavy atom. The molecule has 2 atom stereocenters. The molecule has 1 saturated carbocycles. The highest BCUT2D eigenvalue weighted by atomic mass is 35.5. The highest BCUT2D eigenvalue weighted by molar-refractivity contribution is 6.29. The van der Waals surface area contributed by atoms with E-state index < -0.39 is 0 Å². The molecule has 2 fully saturated rings. The number of allylic oxidation sites excluding steroid dienone is 1. The third-order valence-corrected chi connectivity index (χ3v) is 8.24. The van der Waals surface area contributed by atoms with Gasteiger partial charge in [-0.15, -0.1) is 0 Å². The average Bonchev–Trinajstić information content (AvgIpc) is 3.36. The van der Waals surface area contributed by atoms with Crippen LogP contribution in [0.1, 0.15) is 82.3 Å². The zero-order chi connectivity index (χ0) is 27.6. The van der Waals surface area contributed by atoms with E-state index in [1.54, 1.807) is 6.20 Å². The van der Waals surface area contributed by atoms with E-state index in [1.165, 1.54) is 30.4 Å². The van der Waals surface area contributed by atoms with Gasteiger partial charge in [0.25, 0.3) is 0 Å². The van der Waals surface area contributed by atoms with Gasteiger partial charge in [-0.1, -0.05) is 42.8 Å². The second-order valence-electron chi connectivity index (χ2n) is 12.0. The Bertz CT molecular complexity index is 1330. The molecule has 1 aliphatic carbocycles. The summed E-state index contributed by atoms with van der Waals surface area (Å²) in [4.78, 5) is 8.67. The molecule has 3 heterocycles. The number of nitrogens with zero attached hydrogens (tertiary/aromatic N) is 2. The molecule has 2 aliphatic rings. The standard InChI is InChI=1S/C33H40ClN3O2/c1-21(39-33(2,3)4)16-24-6-5-7-27(24)30-17-23(8-9-28(30)22-11-14-38-15-12-22)26-18-29(32(35)37-20-26)25-10-13-36-31(34)19-25/h8-10,13,17-20,22,24,27H,1,5-7,11-12,14-16H2,2-4H3,(H2,35,37)/t24?,27-/m1/s1. The van der Waals surface area contributed by atoms with E-state index in [9.17, 15) is 0 Å². The monoisotopic (exact) mass is 545 g/mol. The molecule has 5 rings (SSSR count). The summed E-state index contributed by atoms with van der Waals surface area (Å²) in [6, 6.07) is 12.9. The van der Waals surface area contributed by atoms with Crippen LogP contribution in [0.25, 0.3) is 22.3 Å². The topological polar surface area (TPSA) is 70.3 Å². The van der Waals surface area contributed by atoms with E-state index in [0.29, 0.717) is 28.7 Å². The zero-order valence-corrected chi connectivity index (χ0v) is 24.1. The summed E-state index contributed by atoms with van der Waals surface area (Å²) in [5.74, 6) is 2.90. The Kier molecular flexibility index (Phi) is 8.29. The van der Waals surface area contributed by atoms with Crippen LogP contribution >= 0.6 is 11.6 Å². The SMILES string of the molecule is C=C(CC1CCC[C@H]1c1cc(-c2cnc(N)c(-c3ccnc(Cl)c3)c2)ccc1C1CCOCC1)OC(C)(C)C. The van der Waals surface area contributed by atoms with Gasteiger partial charge in [-0.25, -0.2) is 9.97 Å². The number of hydrogen-bond acceptors (Lipinski definition) is 5. The minimum Gasteiger partial charge on any atom is -0.493 e. The Morgan fingerprint density at radius 3 is 2.54 bits per heavy atom. The van der Waals surface area contributed by atoms with E-state index in [2.05, 4.69) is 61.6 Å². The fraction of sp³-hybridized carbons (Fsp3) is 0.455. The molecule has 1 unspecified atom stereocenters. The number of aromatic nitrogens is 2. The van der Waals surface area contributed by atoms with Crippen molar-refractivity contribution < 1.29 is 9.47 Å². The quantitative estimate of drug-likeness (QED) is 0.238. The highest BCUT2D eigenvalue weighted by Gasteiger charge is 2.33. The van der Waals surface area contributed by atoms with Crippen molar-refractivity contribution in [3.8, 4) is 22.3 Å². The minimum atomic E-state index is -0.225. The van der Waals surface area contributed by atoms with Crippen LogP contribution in [0.2, 0.25) is 5.15 Å². The fourth-order valence-corrected chi connectivity index (χ4v) is 6.52. The Balaban J connectivity index is 1.52. The number of nitrogen functional groups attached to an aromatic ring is 1. The zero-order valence-electron chi connectivity index (χ0n) is 23.4. The van der Waals surface area contributed by atoms with Gasteiger partial charge in [0.05, 0.1) is 5.76 Å². The normalized spacial score (nSPS) is 20.2. The maximum Gasteiger partial charge on any atom is 0.131 e. The molecule has 1 aliphatic heterocycles. The summed E-state index contributed by atoms with van der Waals surface area (Å²) in [7, 11) is 0. The van der Waals surface area contributed by atoms with Gasteiger partial charge in [0, 0.05) is 43.2 Å². The molecule has 5 nitrogen and oxygen atoms in total. The third-order valence-electron chi connectivity index (χ3n) is 8.04. The fourth-order valence-electron chi connectivity index (χ4n) is 6.35. The van der Waals surface area contributed by atoms with Gasteiger partial charge in [0.15, 0.2) is 0 Å². The lowest BCUT2D eigenvalue weighted by Gasteiger charge is -2.30. The van der Waals surface area contributed by atoms with Crippen LogP contribution in [0, 0.1) is 5.92 Å². The maximum atomic E-state index is 6.30. The number of benzene rings is 1. The second kappa shape index (κ2) is 11.7. The number of nitrogens with two attached hydrogens (primary N) is 1. The van der Waals surface area contributed by atoms with E-state index in [-0.39, 0.29) is 5.60 Å². The van der Waals surface area contributed by atoms with Crippen LogP contribution in [-0.2, 0) is 9.47 Å². The van der Waals surface area contributed by atoms with Crippen molar-refractivity contribution in [2.75, 3.05) is 18.9 Å². The molecule has 6 heteroatoms. The average molecular weight is 546 g/mol. The molecular weight excluding hydrogens is 506 g/mol. The van der Waals surface area contributed by atoms with Crippen molar-refractivity contribution in [2.24, 2.45) is 5.92 Å². The largest absolute Gasteiger partial charge is 0.493 e. The van der Waals surface area contributed by atoms with Gasteiger partial charge >= 0.3 is 0 Å². The van der Waals surface area contributed by atoms with E-state index in [1.807, 2.05) is 18.3 Å². The van der Waals surface area contributed by atoms with Crippen molar-refractivity contribution in [1.29, 1.82) is 0 Å². The Morgan fingerprint density at radius 2 is 1.79 bits per heavy atom. The van der Waals surface area contributed by atoms with Gasteiger partial charge in [-0.2, -0.15) is 0 Å². The predicted octanol–water partition coefficient (Wildman–Crippen LogP) is 8.54. The number of halogens is 1. The van der Waals surface area contributed by atoms with E-state index in [4.69, 9.17) is 26.8 Å². The van der Waals surface area contributed by atoms with Crippen LogP contribution in [0.3, 0.4) is 0 Å². The van der Waals surface area contributed by atoms with Crippen molar-refractivity contribution >= 4 is 17.4 Å².